The Balaban J connectivity index is 2.39. The molecule has 0 amide bonds. The molecule has 1 aromatic carbocycles. The van der Waals surface area contributed by atoms with Crippen molar-refractivity contribution in [3.8, 4) is 0 Å². The summed E-state index contributed by atoms with van der Waals surface area (Å²) >= 11 is 5.53. The number of ketones is 1. The third-order valence-corrected chi connectivity index (χ3v) is 4.59. The van der Waals surface area contributed by atoms with Gasteiger partial charge in [-0.3, -0.25) is 4.79 Å². The second kappa shape index (κ2) is 8.37. The predicted octanol–water partition coefficient (Wildman–Crippen LogP) is 4.11. The minimum absolute atomic E-state index is 0.0254. The van der Waals surface area contributed by atoms with Gasteiger partial charge in [-0.1, -0.05) is 63.3 Å². The van der Waals surface area contributed by atoms with E-state index in [0.717, 1.165) is 5.56 Å². The molecule has 0 unspecified atom stereocenters. The summed E-state index contributed by atoms with van der Waals surface area (Å²) in [5, 5.41) is 3.11. The Morgan fingerprint density at radius 1 is 1.27 bits per heavy atom. The Bertz CT molecular complexity index is 804. The number of carbonyl (C=O) groups is 1. The van der Waals surface area contributed by atoms with E-state index in [9.17, 15) is 4.79 Å². The van der Waals surface area contributed by atoms with Gasteiger partial charge in [-0.25, -0.2) is 0 Å². The van der Waals surface area contributed by atoms with Crippen LogP contribution in [-0.2, 0) is 5.41 Å². The summed E-state index contributed by atoms with van der Waals surface area (Å²) in [5.41, 5.74) is 2.97. The van der Waals surface area contributed by atoms with E-state index in [-0.39, 0.29) is 11.2 Å². The van der Waals surface area contributed by atoms with Crippen LogP contribution in [0.5, 0.6) is 0 Å². The summed E-state index contributed by atoms with van der Waals surface area (Å²) in [5.74, 6) is -0.0254. The molecule has 0 bridgehead atoms. The van der Waals surface area contributed by atoms with Crippen LogP contribution < -0.4 is 9.88 Å². The normalized spacial score (nSPS) is 12.3. The lowest BCUT2D eigenvalue weighted by Gasteiger charge is -2.19. The van der Waals surface area contributed by atoms with Gasteiger partial charge in [0.25, 0.3) is 6.04 Å². The van der Waals surface area contributed by atoms with Crippen LogP contribution in [0.2, 0.25) is 0 Å². The fourth-order valence-electron chi connectivity index (χ4n) is 2.73. The first-order valence-electron chi connectivity index (χ1n) is 8.75. The zero-order valence-corrected chi connectivity index (χ0v) is 16.8. The molecule has 1 N–H and O–H groups in total. The van der Waals surface area contributed by atoms with Gasteiger partial charge in [-0.15, -0.1) is 6.58 Å². The zero-order valence-electron chi connectivity index (χ0n) is 16.0. The Morgan fingerprint density at radius 2 is 1.92 bits per heavy atom. The number of aryl methyl sites for hydroxylation is 1. The van der Waals surface area contributed by atoms with Crippen LogP contribution in [-0.4, -0.2) is 17.3 Å². The van der Waals surface area contributed by atoms with Crippen LogP contribution in [0.4, 0.5) is 0 Å². The van der Waals surface area contributed by atoms with Gasteiger partial charge in [0.05, 0.1) is 0 Å². The first-order valence-corrected chi connectivity index (χ1v) is 9.15. The summed E-state index contributed by atoms with van der Waals surface area (Å²) < 4.78 is 1.87. The average molecular weight is 368 g/mol. The molecule has 4 heteroatoms. The van der Waals surface area contributed by atoms with Gasteiger partial charge in [0.2, 0.25) is 5.78 Å². The van der Waals surface area contributed by atoms with E-state index in [0.29, 0.717) is 17.1 Å². The lowest BCUT2D eigenvalue weighted by molar-refractivity contribution is -0.692. The van der Waals surface area contributed by atoms with Gasteiger partial charge in [0.1, 0.15) is 0 Å². The molecular formula is C22H27N2OS+. The standard InChI is InChI=1S/C22H26N2OS/c1-6-13-23-21(26)19(24-14-7-8-16(2)15-24)20(25)17-9-11-18(12-10-17)22(3,4)5/h6-12,14-15,19H,1,13H2,2-5H3/p+1/t19-/m1/s1. The number of nitrogens with zero attached hydrogens (tertiary/aromatic N) is 1. The topological polar surface area (TPSA) is 33.0 Å². The molecule has 0 radical (unpaired) electrons. The number of hydrogen-bond acceptors (Lipinski definition) is 2. The Kier molecular flexibility index (Phi) is 6.43. The third-order valence-electron chi connectivity index (χ3n) is 4.22. The van der Waals surface area contributed by atoms with Gasteiger partial charge >= 0.3 is 0 Å². The molecule has 3 nitrogen and oxygen atoms in total. The summed E-state index contributed by atoms with van der Waals surface area (Å²) in [6, 6.07) is 11.2. The van der Waals surface area contributed by atoms with Crippen LogP contribution in [0.3, 0.4) is 0 Å². The van der Waals surface area contributed by atoms with Crippen molar-refractivity contribution in [1.82, 2.24) is 5.32 Å². The van der Waals surface area contributed by atoms with E-state index >= 15 is 0 Å². The highest BCUT2D eigenvalue weighted by atomic mass is 32.1. The van der Waals surface area contributed by atoms with Crippen molar-refractivity contribution in [2.75, 3.05) is 6.54 Å². The van der Waals surface area contributed by atoms with Gasteiger partial charge < -0.3 is 5.32 Å². The molecule has 2 aromatic rings. The number of carbonyl (C=O) groups excluding carboxylic acids is 1. The molecule has 2 rings (SSSR count). The Morgan fingerprint density at radius 3 is 2.46 bits per heavy atom. The highest BCUT2D eigenvalue weighted by molar-refractivity contribution is 7.80. The molecule has 0 aliphatic carbocycles. The van der Waals surface area contributed by atoms with Crippen molar-refractivity contribution < 1.29 is 9.36 Å². The summed E-state index contributed by atoms with van der Waals surface area (Å²) in [4.78, 5) is 13.7. The number of nitrogens with one attached hydrogen (secondary N) is 1. The van der Waals surface area contributed by atoms with Gasteiger partial charge in [-0.05, 0) is 24.0 Å². The van der Waals surface area contributed by atoms with E-state index in [1.165, 1.54) is 5.56 Å². The molecule has 1 atom stereocenters. The maximum atomic E-state index is 13.2. The first-order chi connectivity index (χ1) is 12.2. The molecule has 0 spiro atoms. The zero-order chi connectivity index (χ0) is 19.3. The fraction of sp³-hybridized carbons (Fsp3) is 0.318. The quantitative estimate of drug-likeness (QED) is 0.361. The van der Waals surface area contributed by atoms with Crippen LogP contribution >= 0.6 is 12.2 Å². The van der Waals surface area contributed by atoms with E-state index in [1.54, 1.807) is 6.08 Å². The van der Waals surface area contributed by atoms with Crippen LogP contribution in [0.25, 0.3) is 0 Å². The summed E-state index contributed by atoms with van der Waals surface area (Å²) in [6.45, 7) is 12.7. The van der Waals surface area contributed by atoms with E-state index < -0.39 is 6.04 Å². The third kappa shape index (κ3) is 4.85. The van der Waals surface area contributed by atoms with Crippen molar-refractivity contribution in [3.63, 3.8) is 0 Å². The van der Waals surface area contributed by atoms with Crippen molar-refractivity contribution in [1.29, 1.82) is 0 Å². The summed E-state index contributed by atoms with van der Waals surface area (Å²) in [7, 11) is 0. The second-order valence-corrected chi connectivity index (χ2v) is 7.90. The molecule has 136 valence electrons. The number of hydrogen-bond donors (Lipinski definition) is 1. The number of aromatic nitrogens is 1. The van der Waals surface area contributed by atoms with Crippen LogP contribution in [0.15, 0.2) is 61.4 Å². The molecule has 0 saturated carbocycles. The smallest absolute Gasteiger partial charge is 0.270 e. The average Bonchev–Trinajstić information content (AvgIpc) is 2.59. The number of pyridine rings is 1. The maximum Gasteiger partial charge on any atom is 0.270 e. The van der Waals surface area contributed by atoms with Gasteiger partial charge in [-0.2, -0.15) is 4.57 Å². The molecule has 0 aliphatic rings. The van der Waals surface area contributed by atoms with Crippen molar-refractivity contribution in [2.24, 2.45) is 0 Å². The van der Waals surface area contributed by atoms with E-state index in [4.69, 9.17) is 12.2 Å². The van der Waals surface area contributed by atoms with Crippen molar-refractivity contribution >= 4 is 23.0 Å². The fourth-order valence-corrected chi connectivity index (χ4v) is 3.04. The molecule has 1 aromatic heterocycles. The lowest BCUT2D eigenvalue weighted by Crippen LogP contribution is -2.51. The largest absolute Gasteiger partial charge is 0.370 e. The maximum absolute atomic E-state index is 13.2. The highest BCUT2D eigenvalue weighted by Crippen LogP contribution is 2.23. The molecule has 0 fully saturated rings. The highest BCUT2D eigenvalue weighted by Gasteiger charge is 2.33. The van der Waals surface area contributed by atoms with Gasteiger partial charge in [0.15, 0.2) is 17.4 Å². The minimum Gasteiger partial charge on any atom is -0.370 e. The predicted molar refractivity (Wildman–Crippen MR) is 111 cm³/mol. The molecule has 0 aliphatic heterocycles. The number of benzene rings is 1. The Labute approximate surface area is 161 Å². The molecule has 26 heavy (non-hydrogen) atoms. The minimum atomic E-state index is -0.578. The lowest BCUT2D eigenvalue weighted by atomic mass is 9.86. The first kappa shape index (κ1) is 20.0. The van der Waals surface area contributed by atoms with Gasteiger partial charge in [0, 0.05) is 23.7 Å². The van der Waals surface area contributed by atoms with Crippen molar-refractivity contribution in [2.45, 2.75) is 39.2 Å². The van der Waals surface area contributed by atoms with Crippen LogP contribution in [0.1, 0.15) is 48.3 Å². The number of thiocarbonyl (C=S) groups is 1. The summed E-state index contributed by atoms with van der Waals surface area (Å²) in [6.07, 6.45) is 5.54. The van der Waals surface area contributed by atoms with Crippen LogP contribution in [0, 0.1) is 6.92 Å². The molecule has 0 saturated heterocycles. The second-order valence-electron chi connectivity index (χ2n) is 7.46. The van der Waals surface area contributed by atoms with Crippen molar-refractivity contribution in [3.05, 3.63) is 78.1 Å². The SMILES string of the molecule is C=CCNC(=S)[C@@H](C(=O)c1ccc(C(C)(C)C)cc1)[n+]1cccc(C)c1. The van der Waals surface area contributed by atoms with E-state index in [2.05, 4.69) is 32.7 Å². The van der Waals surface area contributed by atoms with E-state index in [1.807, 2.05) is 60.3 Å². The number of Topliss-reactive ketones (excluding diaryl/α,β-unsaturated/α-hetero) is 1. The molecule has 1 heterocycles. The molecular weight excluding hydrogens is 340 g/mol. The monoisotopic (exact) mass is 367 g/mol. The number of rotatable bonds is 6. The Hall–Kier alpha value is -2.33.